The third-order valence-corrected chi connectivity index (χ3v) is 3.56. The summed E-state index contributed by atoms with van der Waals surface area (Å²) in [6, 6.07) is -0.138. The molecule has 0 bridgehead atoms. The van der Waals surface area contributed by atoms with Gasteiger partial charge in [-0.2, -0.15) is 5.10 Å². The molecule has 0 aliphatic carbocycles. The number of rotatable bonds is 2. The van der Waals surface area contributed by atoms with E-state index in [1.54, 1.807) is 11.7 Å². The SMILES string of the molecule is CNC(=O)C1CCCCN1c1c(N)c(C)nn1C. The van der Waals surface area contributed by atoms with Crippen molar-refractivity contribution in [2.75, 3.05) is 24.2 Å². The number of carbonyl (C=O) groups excluding carboxylic acids is 1. The van der Waals surface area contributed by atoms with E-state index in [4.69, 9.17) is 5.73 Å². The number of amides is 1. The Balaban J connectivity index is 2.36. The summed E-state index contributed by atoms with van der Waals surface area (Å²) in [6.07, 6.45) is 3.02. The number of piperidine rings is 1. The van der Waals surface area contributed by atoms with Crippen molar-refractivity contribution in [1.82, 2.24) is 15.1 Å². The highest BCUT2D eigenvalue weighted by Gasteiger charge is 2.31. The summed E-state index contributed by atoms with van der Waals surface area (Å²) >= 11 is 0. The molecule has 2 heterocycles. The molecule has 1 aliphatic heterocycles. The Hall–Kier alpha value is -1.72. The Kier molecular flexibility index (Phi) is 3.45. The van der Waals surface area contributed by atoms with Crippen molar-refractivity contribution < 1.29 is 4.79 Å². The van der Waals surface area contributed by atoms with Crippen LogP contribution in [0.4, 0.5) is 11.5 Å². The van der Waals surface area contributed by atoms with Gasteiger partial charge in [-0.25, -0.2) is 0 Å². The maximum Gasteiger partial charge on any atom is 0.242 e. The second kappa shape index (κ2) is 4.88. The molecule has 0 aromatic carbocycles. The molecule has 0 radical (unpaired) electrons. The van der Waals surface area contributed by atoms with Crippen LogP contribution in [0.2, 0.25) is 0 Å². The van der Waals surface area contributed by atoms with E-state index < -0.39 is 0 Å². The molecule has 1 aromatic rings. The Morgan fingerprint density at radius 3 is 2.78 bits per heavy atom. The van der Waals surface area contributed by atoms with Crippen LogP contribution in [0.5, 0.6) is 0 Å². The Morgan fingerprint density at radius 1 is 1.50 bits per heavy atom. The first-order valence-corrected chi connectivity index (χ1v) is 6.33. The van der Waals surface area contributed by atoms with Crippen molar-refractivity contribution in [3.05, 3.63) is 5.69 Å². The van der Waals surface area contributed by atoms with E-state index in [1.807, 2.05) is 14.0 Å². The molecule has 0 saturated carbocycles. The van der Waals surface area contributed by atoms with Crippen molar-refractivity contribution in [3.63, 3.8) is 0 Å². The van der Waals surface area contributed by atoms with Crippen LogP contribution >= 0.6 is 0 Å². The van der Waals surface area contributed by atoms with E-state index in [-0.39, 0.29) is 11.9 Å². The Morgan fingerprint density at radius 2 is 2.22 bits per heavy atom. The smallest absolute Gasteiger partial charge is 0.242 e. The number of hydrogen-bond acceptors (Lipinski definition) is 4. The lowest BCUT2D eigenvalue weighted by atomic mass is 10.0. The molecule has 1 saturated heterocycles. The average molecular weight is 251 g/mol. The van der Waals surface area contributed by atoms with Crippen LogP contribution in [-0.4, -0.2) is 35.3 Å². The van der Waals surface area contributed by atoms with Crippen LogP contribution in [0.25, 0.3) is 0 Å². The monoisotopic (exact) mass is 251 g/mol. The van der Waals surface area contributed by atoms with Gasteiger partial charge in [0, 0.05) is 20.6 Å². The fourth-order valence-corrected chi connectivity index (χ4v) is 2.63. The lowest BCUT2D eigenvalue weighted by molar-refractivity contribution is -0.122. The quantitative estimate of drug-likeness (QED) is 0.798. The van der Waals surface area contributed by atoms with Crippen LogP contribution in [0.3, 0.4) is 0 Å². The predicted octanol–water partition coefficient (Wildman–Crippen LogP) is 0.416. The van der Waals surface area contributed by atoms with E-state index in [0.717, 1.165) is 37.3 Å². The lowest BCUT2D eigenvalue weighted by Crippen LogP contribution is -2.49. The zero-order chi connectivity index (χ0) is 13.3. The van der Waals surface area contributed by atoms with E-state index >= 15 is 0 Å². The third kappa shape index (κ3) is 2.02. The molecule has 1 fully saturated rings. The van der Waals surface area contributed by atoms with Gasteiger partial charge < -0.3 is 16.0 Å². The summed E-state index contributed by atoms with van der Waals surface area (Å²) in [5, 5.41) is 7.05. The lowest BCUT2D eigenvalue weighted by Gasteiger charge is -2.36. The van der Waals surface area contributed by atoms with Crippen LogP contribution in [-0.2, 0) is 11.8 Å². The van der Waals surface area contributed by atoms with Crippen molar-refractivity contribution in [2.45, 2.75) is 32.2 Å². The van der Waals surface area contributed by atoms with Gasteiger partial charge in [-0.05, 0) is 26.2 Å². The number of anilines is 2. The number of nitrogens with one attached hydrogen (secondary N) is 1. The molecule has 3 N–H and O–H groups in total. The summed E-state index contributed by atoms with van der Waals surface area (Å²) in [6.45, 7) is 2.74. The van der Waals surface area contributed by atoms with E-state index in [2.05, 4.69) is 15.3 Å². The average Bonchev–Trinajstić information content (AvgIpc) is 2.62. The Labute approximate surface area is 107 Å². The summed E-state index contributed by atoms with van der Waals surface area (Å²) < 4.78 is 1.77. The van der Waals surface area contributed by atoms with Gasteiger partial charge in [-0.1, -0.05) is 0 Å². The van der Waals surface area contributed by atoms with Gasteiger partial charge in [0.2, 0.25) is 5.91 Å². The second-order valence-corrected chi connectivity index (χ2v) is 4.77. The molecule has 2 rings (SSSR count). The van der Waals surface area contributed by atoms with Crippen LogP contribution in [0.15, 0.2) is 0 Å². The number of aromatic nitrogens is 2. The number of nitrogens with two attached hydrogens (primary N) is 1. The predicted molar refractivity (Wildman–Crippen MR) is 71.4 cm³/mol. The topological polar surface area (TPSA) is 76.2 Å². The molecule has 1 atom stereocenters. The highest BCUT2D eigenvalue weighted by molar-refractivity contribution is 5.86. The van der Waals surface area contributed by atoms with Gasteiger partial charge in [0.1, 0.15) is 6.04 Å². The highest BCUT2D eigenvalue weighted by atomic mass is 16.2. The number of nitrogens with zero attached hydrogens (tertiary/aromatic N) is 3. The van der Waals surface area contributed by atoms with E-state index in [9.17, 15) is 4.79 Å². The molecule has 1 aromatic heterocycles. The number of likely N-dealkylation sites (N-methyl/N-ethyl adjacent to an activating group) is 1. The first kappa shape index (κ1) is 12.7. The highest BCUT2D eigenvalue weighted by Crippen LogP contribution is 2.31. The zero-order valence-electron chi connectivity index (χ0n) is 11.2. The van der Waals surface area contributed by atoms with Crippen LogP contribution in [0, 0.1) is 6.92 Å². The molecule has 1 amide bonds. The van der Waals surface area contributed by atoms with Crippen LogP contribution < -0.4 is 16.0 Å². The molecule has 6 heteroatoms. The normalized spacial score (nSPS) is 19.9. The number of aryl methyl sites for hydroxylation is 2. The van der Waals surface area contributed by atoms with Gasteiger partial charge in [0.15, 0.2) is 5.82 Å². The van der Waals surface area contributed by atoms with Crippen molar-refractivity contribution >= 4 is 17.4 Å². The van der Waals surface area contributed by atoms with Gasteiger partial charge in [-0.3, -0.25) is 9.48 Å². The minimum absolute atomic E-state index is 0.0490. The number of carbonyl (C=O) groups is 1. The number of nitrogen functional groups attached to an aromatic ring is 1. The molecule has 1 unspecified atom stereocenters. The zero-order valence-corrected chi connectivity index (χ0v) is 11.2. The van der Waals surface area contributed by atoms with Gasteiger partial charge in [0.25, 0.3) is 0 Å². The molecular weight excluding hydrogens is 230 g/mol. The van der Waals surface area contributed by atoms with Crippen molar-refractivity contribution in [1.29, 1.82) is 0 Å². The van der Waals surface area contributed by atoms with Crippen molar-refractivity contribution in [2.24, 2.45) is 7.05 Å². The molecule has 100 valence electrons. The van der Waals surface area contributed by atoms with E-state index in [1.165, 1.54) is 0 Å². The summed E-state index contributed by atoms with van der Waals surface area (Å²) in [5.74, 6) is 0.911. The van der Waals surface area contributed by atoms with E-state index in [0.29, 0.717) is 5.69 Å². The van der Waals surface area contributed by atoms with Crippen molar-refractivity contribution in [3.8, 4) is 0 Å². The Bertz CT molecular complexity index is 454. The first-order valence-electron chi connectivity index (χ1n) is 6.33. The maximum atomic E-state index is 12.0. The third-order valence-electron chi connectivity index (χ3n) is 3.56. The summed E-state index contributed by atoms with van der Waals surface area (Å²) in [7, 11) is 3.54. The maximum absolute atomic E-state index is 12.0. The fraction of sp³-hybridized carbons (Fsp3) is 0.667. The standard InChI is InChI=1S/C12H21N5O/c1-8-10(13)12(16(3)15-8)17-7-5-4-6-9(17)11(18)14-2/h9H,4-7,13H2,1-3H3,(H,14,18). The summed E-state index contributed by atoms with van der Waals surface area (Å²) in [4.78, 5) is 14.0. The number of hydrogen-bond donors (Lipinski definition) is 2. The molecular formula is C12H21N5O. The molecule has 0 spiro atoms. The molecule has 6 nitrogen and oxygen atoms in total. The molecule has 18 heavy (non-hydrogen) atoms. The minimum Gasteiger partial charge on any atom is -0.394 e. The second-order valence-electron chi connectivity index (χ2n) is 4.77. The fourth-order valence-electron chi connectivity index (χ4n) is 2.63. The van der Waals surface area contributed by atoms with Gasteiger partial charge in [-0.15, -0.1) is 0 Å². The van der Waals surface area contributed by atoms with Gasteiger partial charge >= 0.3 is 0 Å². The first-order chi connectivity index (χ1) is 8.56. The summed E-state index contributed by atoms with van der Waals surface area (Å²) in [5.41, 5.74) is 7.57. The van der Waals surface area contributed by atoms with Gasteiger partial charge in [0.05, 0.1) is 11.4 Å². The largest absolute Gasteiger partial charge is 0.394 e. The van der Waals surface area contributed by atoms with Crippen LogP contribution in [0.1, 0.15) is 25.0 Å². The minimum atomic E-state index is -0.138. The molecule has 1 aliphatic rings.